The van der Waals surface area contributed by atoms with Crippen LogP contribution in [0.3, 0.4) is 0 Å². The van der Waals surface area contributed by atoms with Crippen LogP contribution in [-0.4, -0.2) is 15.2 Å². The Balaban J connectivity index is 2.16. The molecule has 4 nitrogen and oxygen atoms in total. The van der Waals surface area contributed by atoms with Gasteiger partial charge in [0.15, 0.2) is 5.82 Å². The van der Waals surface area contributed by atoms with Crippen molar-refractivity contribution < 1.29 is 0 Å². The van der Waals surface area contributed by atoms with E-state index >= 15 is 0 Å². The average Bonchev–Trinajstić information content (AvgIpc) is 2.97. The maximum atomic E-state index is 5.96. The highest BCUT2D eigenvalue weighted by Gasteiger charge is 2.16. The predicted octanol–water partition coefficient (Wildman–Crippen LogP) is 3.74. The second-order valence-electron chi connectivity index (χ2n) is 4.11. The maximum Gasteiger partial charge on any atom is 0.153 e. The summed E-state index contributed by atoms with van der Waals surface area (Å²) in [6.07, 6.45) is 1.83. The van der Waals surface area contributed by atoms with Crippen molar-refractivity contribution in [3.8, 4) is 21.7 Å². The molecule has 3 N–H and O–H groups in total. The van der Waals surface area contributed by atoms with Crippen LogP contribution in [0, 0.1) is 6.92 Å². The van der Waals surface area contributed by atoms with Crippen LogP contribution in [0.1, 0.15) is 5.01 Å². The predicted molar refractivity (Wildman–Crippen MR) is 79.3 cm³/mol. The number of H-pyrrole nitrogens is 1. The number of thiazole rings is 1. The Hall–Kier alpha value is -1.85. The smallest absolute Gasteiger partial charge is 0.153 e. The molecule has 96 valence electrons. The van der Waals surface area contributed by atoms with Crippen LogP contribution in [0.5, 0.6) is 0 Å². The van der Waals surface area contributed by atoms with Gasteiger partial charge in [0.05, 0.1) is 21.1 Å². The van der Waals surface area contributed by atoms with E-state index in [4.69, 9.17) is 17.3 Å². The van der Waals surface area contributed by atoms with Gasteiger partial charge in [-0.1, -0.05) is 23.7 Å². The van der Waals surface area contributed by atoms with Crippen LogP contribution >= 0.6 is 22.9 Å². The highest BCUT2D eigenvalue weighted by Crippen LogP contribution is 2.37. The van der Waals surface area contributed by atoms with Crippen LogP contribution in [0.4, 0.5) is 5.82 Å². The minimum Gasteiger partial charge on any atom is -0.382 e. The molecule has 0 aliphatic rings. The van der Waals surface area contributed by atoms with Crippen molar-refractivity contribution in [3.63, 3.8) is 0 Å². The minimum absolute atomic E-state index is 0.475. The van der Waals surface area contributed by atoms with Gasteiger partial charge >= 0.3 is 0 Å². The third-order valence-corrected chi connectivity index (χ3v) is 3.98. The van der Waals surface area contributed by atoms with E-state index in [0.717, 1.165) is 26.7 Å². The first-order chi connectivity index (χ1) is 9.15. The molecule has 3 aromatic rings. The van der Waals surface area contributed by atoms with Crippen LogP contribution in [0.2, 0.25) is 5.02 Å². The van der Waals surface area contributed by atoms with Gasteiger partial charge in [-0.25, -0.2) is 4.98 Å². The Labute approximate surface area is 119 Å². The van der Waals surface area contributed by atoms with E-state index in [2.05, 4.69) is 15.2 Å². The SMILES string of the molecule is Cc1ncc(-c2[nH]nc(N)c2-c2ccc(Cl)cc2)s1. The molecule has 0 amide bonds. The van der Waals surface area contributed by atoms with Crippen LogP contribution in [0.15, 0.2) is 30.5 Å². The van der Waals surface area contributed by atoms with Gasteiger partial charge in [0.1, 0.15) is 0 Å². The molecule has 0 atom stereocenters. The summed E-state index contributed by atoms with van der Waals surface area (Å²) < 4.78 is 0. The standard InChI is InChI=1S/C13H11ClN4S/c1-7-16-6-10(19-7)12-11(13(15)18-17-12)8-2-4-9(14)5-3-8/h2-6H,1H3,(H3,15,17,18). The Morgan fingerprint density at radius 2 is 2.00 bits per heavy atom. The first kappa shape index (κ1) is 12.2. The Morgan fingerprint density at radius 1 is 1.26 bits per heavy atom. The summed E-state index contributed by atoms with van der Waals surface area (Å²) in [5.41, 5.74) is 8.73. The molecule has 0 aliphatic heterocycles. The van der Waals surface area contributed by atoms with Gasteiger partial charge in [0.2, 0.25) is 0 Å². The molecule has 2 aromatic heterocycles. The largest absolute Gasteiger partial charge is 0.382 e. The number of rotatable bonds is 2. The van der Waals surface area contributed by atoms with Gasteiger partial charge in [0.25, 0.3) is 0 Å². The lowest BCUT2D eigenvalue weighted by Crippen LogP contribution is -1.88. The molecule has 0 radical (unpaired) electrons. The topological polar surface area (TPSA) is 67.6 Å². The molecule has 0 fully saturated rings. The molecule has 0 bridgehead atoms. The number of nitrogens with one attached hydrogen (secondary N) is 1. The molecule has 0 saturated heterocycles. The molecule has 19 heavy (non-hydrogen) atoms. The average molecular weight is 291 g/mol. The second kappa shape index (κ2) is 4.68. The zero-order valence-corrected chi connectivity index (χ0v) is 11.7. The Bertz CT molecular complexity index is 715. The monoisotopic (exact) mass is 290 g/mol. The van der Waals surface area contributed by atoms with Gasteiger partial charge in [-0.05, 0) is 24.6 Å². The zero-order chi connectivity index (χ0) is 13.4. The second-order valence-corrected chi connectivity index (χ2v) is 5.78. The van der Waals surface area contributed by atoms with E-state index < -0.39 is 0 Å². The van der Waals surface area contributed by atoms with Crippen molar-refractivity contribution in [2.45, 2.75) is 6.92 Å². The van der Waals surface area contributed by atoms with E-state index in [1.54, 1.807) is 11.3 Å². The van der Waals surface area contributed by atoms with Gasteiger partial charge < -0.3 is 5.73 Å². The summed E-state index contributed by atoms with van der Waals surface area (Å²) in [5.74, 6) is 0.475. The number of nitrogens with two attached hydrogens (primary N) is 1. The van der Waals surface area contributed by atoms with Crippen LogP contribution in [-0.2, 0) is 0 Å². The van der Waals surface area contributed by atoms with Gasteiger partial charge in [0, 0.05) is 11.2 Å². The number of aromatic nitrogens is 3. The first-order valence-electron chi connectivity index (χ1n) is 5.67. The molecule has 2 heterocycles. The first-order valence-corrected chi connectivity index (χ1v) is 6.87. The third kappa shape index (κ3) is 2.22. The fourth-order valence-corrected chi connectivity index (χ4v) is 2.82. The summed E-state index contributed by atoms with van der Waals surface area (Å²) in [5, 5.41) is 8.78. The summed E-state index contributed by atoms with van der Waals surface area (Å²) in [6.45, 7) is 1.97. The van der Waals surface area contributed by atoms with Crippen molar-refractivity contribution in [2.75, 3.05) is 5.73 Å². The number of aryl methyl sites for hydroxylation is 1. The number of benzene rings is 1. The van der Waals surface area contributed by atoms with E-state index in [0.29, 0.717) is 10.8 Å². The lowest BCUT2D eigenvalue weighted by Gasteiger charge is -2.02. The lowest BCUT2D eigenvalue weighted by atomic mass is 10.1. The summed E-state index contributed by atoms with van der Waals surface area (Å²) in [6, 6.07) is 7.54. The maximum absolute atomic E-state index is 5.96. The highest BCUT2D eigenvalue weighted by molar-refractivity contribution is 7.15. The van der Waals surface area contributed by atoms with E-state index in [1.807, 2.05) is 37.4 Å². The van der Waals surface area contributed by atoms with Crippen molar-refractivity contribution in [3.05, 3.63) is 40.5 Å². The zero-order valence-electron chi connectivity index (χ0n) is 10.1. The fraction of sp³-hybridized carbons (Fsp3) is 0.0769. The summed E-state index contributed by atoms with van der Waals surface area (Å²) in [7, 11) is 0. The van der Waals surface area contributed by atoms with E-state index in [9.17, 15) is 0 Å². The molecule has 0 aliphatic carbocycles. The summed E-state index contributed by atoms with van der Waals surface area (Å²) >= 11 is 7.51. The molecular weight excluding hydrogens is 280 g/mol. The molecule has 6 heteroatoms. The van der Waals surface area contributed by atoms with Crippen molar-refractivity contribution >= 4 is 28.8 Å². The number of hydrogen-bond acceptors (Lipinski definition) is 4. The van der Waals surface area contributed by atoms with Gasteiger partial charge in [-0.3, -0.25) is 5.10 Å². The van der Waals surface area contributed by atoms with Crippen LogP contribution < -0.4 is 5.73 Å². The Morgan fingerprint density at radius 3 is 2.63 bits per heavy atom. The molecule has 1 aromatic carbocycles. The lowest BCUT2D eigenvalue weighted by molar-refractivity contribution is 1.10. The summed E-state index contributed by atoms with van der Waals surface area (Å²) in [4.78, 5) is 5.28. The Kier molecular flexibility index (Phi) is 3.00. The van der Waals surface area contributed by atoms with E-state index in [-0.39, 0.29) is 0 Å². The molecule has 3 rings (SSSR count). The van der Waals surface area contributed by atoms with Crippen LogP contribution in [0.25, 0.3) is 21.7 Å². The highest BCUT2D eigenvalue weighted by atomic mass is 35.5. The fourth-order valence-electron chi connectivity index (χ4n) is 1.92. The number of hydrogen-bond donors (Lipinski definition) is 2. The molecule has 0 spiro atoms. The minimum atomic E-state index is 0.475. The molecular formula is C13H11ClN4S. The molecule has 0 saturated carbocycles. The third-order valence-electron chi connectivity index (χ3n) is 2.79. The number of halogens is 1. The van der Waals surface area contributed by atoms with Crippen molar-refractivity contribution in [2.24, 2.45) is 0 Å². The molecule has 0 unspecified atom stereocenters. The van der Waals surface area contributed by atoms with Crippen molar-refractivity contribution in [1.82, 2.24) is 15.2 Å². The number of aromatic amines is 1. The normalized spacial score (nSPS) is 10.8. The number of nitrogen functional groups attached to an aromatic ring is 1. The number of nitrogens with zero attached hydrogens (tertiary/aromatic N) is 2. The quantitative estimate of drug-likeness (QED) is 0.755. The van der Waals surface area contributed by atoms with Gasteiger partial charge in [-0.15, -0.1) is 11.3 Å². The van der Waals surface area contributed by atoms with E-state index in [1.165, 1.54) is 0 Å². The van der Waals surface area contributed by atoms with Gasteiger partial charge in [-0.2, -0.15) is 5.10 Å². The van der Waals surface area contributed by atoms with Crippen molar-refractivity contribution in [1.29, 1.82) is 0 Å². The number of anilines is 1.